The molecule has 0 aliphatic rings. The number of nitrogens with zero attached hydrogens (tertiary/aromatic N) is 2. The number of carbonyl (C=O) groups is 3. The first-order chi connectivity index (χ1) is 11.0. The van der Waals surface area contributed by atoms with Crippen LogP contribution in [-0.2, 0) is 16.6 Å². The summed E-state index contributed by atoms with van der Waals surface area (Å²) in [5, 5.41) is 10.8. The Labute approximate surface area is 132 Å². The number of nitrogens with one attached hydrogen (secondary N) is 1. The van der Waals surface area contributed by atoms with E-state index < -0.39 is 24.4 Å². The molecule has 2 amide bonds. The van der Waals surface area contributed by atoms with Crippen molar-refractivity contribution in [1.82, 2.24) is 9.88 Å². The number of rotatable bonds is 4. The fourth-order valence-electron chi connectivity index (χ4n) is 1.82. The maximum Gasteiger partial charge on any atom is 0.338 e. The normalized spacial score (nSPS) is 9.74. The smallest absolute Gasteiger partial charge is 0.338 e. The van der Waals surface area contributed by atoms with Crippen molar-refractivity contribution in [2.24, 2.45) is 7.05 Å². The molecule has 0 unspecified atom stereocenters. The van der Waals surface area contributed by atoms with Crippen LogP contribution in [0.1, 0.15) is 26.4 Å². The summed E-state index contributed by atoms with van der Waals surface area (Å²) in [6, 6.07) is 10.9. The number of aryl methyl sites for hydroxylation is 1. The summed E-state index contributed by atoms with van der Waals surface area (Å²) >= 11 is 0. The summed E-state index contributed by atoms with van der Waals surface area (Å²) in [6.45, 7) is -0.574. The van der Waals surface area contributed by atoms with E-state index in [0.29, 0.717) is 11.3 Å². The number of nitriles is 1. The van der Waals surface area contributed by atoms with Crippen molar-refractivity contribution in [3.63, 3.8) is 0 Å². The second-order valence-corrected chi connectivity index (χ2v) is 4.65. The van der Waals surface area contributed by atoms with Crippen molar-refractivity contribution in [3.8, 4) is 6.07 Å². The van der Waals surface area contributed by atoms with Crippen molar-refractivity contribution < 1.29 is 19.1 Å². The second-order valence-electron chi connectivity index (χ2n) is 4.65. The van der Waals surface area contributed by atoms with Crippen molar-refractivity contribution in [3.05, 3.63) is 59.4 Å². The van der Waals surface area contributed by atoms with E-state index in [-0.39, 0.29) is 5.56 Å². The zero-order chi connectivity index (χ0) is 16.8. The van der Waals surface area contributed by atoms with Gasteiger partial charge in [-0.1, -0.05) is 0 Å². The topological polar surface area (TPSA) is 101 Å². The van der Waals surface area contributed by atoms with E-state index in [2.05, 4.69) is 5.32 Å². The monoisotopic (exact) mass is 311 g/mol. The van der Waals surface area contributed by atoms with Crippen molar-refractivity contribution in [2.45, 2.75) is 0 Å². The minimum Gasteiger partial charge on any atom is -0.452 e. The third-order valence-electron chi connectivity index (χ3n) is 3.01. The molecule has 0 radical (unpaired) electrons. The van der Waals surface area contributed by atoms with E-state index in [4.69, 9.17) is 10.00 Å². The number of esters is 1. The molecule has 1 aromatic carbocycles. The lowest BCUT2D eigenvalue weighted by Crippen LogP contribution is -2.35. The SMILES string of the molecule is Cn1cccc1C(=O)NC(=O)COC(=O)c1ccc(C#N)cc1. The number of carbonyl (C=O) groups excluding carboxylic acids is 3. The van der Waals surface area contributed by atoms with Gasteiger partial charge in [0, 0.05) is 13.2 Å². The van der Waals surface area contributed by atoms with Crippen LogP contribution in [-0.4, -0.2) is 29.0 Å². The van der Waals surface area contributed by atoms with Gasteiger partial charge in [-0.3, -0.25) is 14.9 Å². The average molecular weight is 311 g/mol. The molecule has 0 atom stereocenters. The van der Waals surface area contributed by atoms with Gasteiger partial charge in [0.25, 0.3) is 11.8 Å². The third-order valence-corrected chi connectivity index (χ3v) is 3.01. The summed E-state index contributed by atoms with van der Waals surface area (Å²) in [4.78, 5) is 35.2. The van der Waals surface area contributed by atoms with Gasteiger partial charge in [-0.25, -0.2) is 4.79 Å². The quantitative estimate of drug-likeness (QED) is 0.849. The molecule has 0 fully saturated rings. The first-order valence-electron chi connectivity index (χ1n) is 6.64. The Balaban J connectivity index is 1.86. The van der Waals surface area contributed by atoms with E-state index in [1.807, 2.05) is 6.07 Å². The summed E-state index contributed by atoms with van der Waals surface area (Å²) < 4.78 is 6.38. The van der Waals surface area contributed by atoms with Crippen molar-refractivity contribution >= 4 is 17.8 Å². The molecule has 0 saturated carbocycles. The first kappa shape index (κ1) is 16.0. The molecule has 1 N–H and O–H groups in total. The van der Waals surface area contributed by atoms with Gasteiger partial charge in [0.05, 0.1) is 17.2 Å². The van der Waals surface area contributed by atoms with Gasteiger partial charge >= 0.3 is 5.97 Å². The zero-order valence-electron chi connectivity index (χ0n) is 12.3. The van der Waals surface area contributed by atoms with Gasteiger partial charge in [0.2, 0.25) is 0 Å². The van der Waals surface area contributed by atoms with E-state index in [9.17, 15) is 14.4 Å². The van der Waals surface area contributed by atoms with Crippen LogP contribution in [0.25, 0.3) is 0 Å². The number of aromatic nitrogens is 1. The maximum absolute atomic E-state index is 11.8. The van der Waals surface area contributed by atoms with Crippen molar-refractivity contribution in [2.75, 3.05) is 6.61 Å². The summed E-state index contributed by atoms with van der Waals surface area (Å²) in [5.74, 6) is -2.01. The molecule has 0 bridgehead atoms. The molecule has 7 nitrogen and oxygen atoms in total. The van der Waals surface area contributed by atoms with Crippen LogP contribution in [0.2, 0.25) is 0 Å². The Morgan fingerprint density at radius 3 is 2.48 bits per heavy atom. The highest BCUT2D eigenvalue weighted by Gasteiger charge is 2.15. The second kappa shape index (κ2) is 7.04. The van der Waals surface area contributed by atoms with E-state index in [0.717, 1.165) is 0 Å². The Bertz CT molecular complexity index is 784. The Kier molecular flexibility index (Phi) is 4.89. The molecule has 23 heavy (non-hydrogen) atoms. The number of benzene rings is 1. The lowest BCUT2D eigenvalue weighted by molar-refractivity contribution is -0.123. The molecule has 1 heterocycles. The van der Waals surface area contributed by atoms with Gasteiger partial charge in [0.15, 0.2) is 6.61 Å². The molecule has 0 aliphatic carbocycles. The highest BCUT2D eigenvalue weighted by Crippen LogP contribution is 2.05. The van der Waals surface area contributed by atoms with Gasteiger partial charge in [-0.2, -0.15) is 5.26 Å². The Morgan fingerprint density at radius 2 is 1.91 bits per heavy atom. The summed E-state index contributed by atoms with van der Waals surface area (Å²) in [5.41, 5.74) is 0.940. The Hall–Kier alpha value is -3.40. The fourth-order valence-corrected chi connectivity index (χ4v) is 1.82. The summed E-state index contributed by atoms with van der Waals surface area (Å²) in [6.07, 6.45) is 1.67. The molecule has 1 aromatic heterocycles. The van der Waals surface area contributed by atoms with Crippen molar-refractivity contribution in [1.29, 1.82) is 5.26 Å². The van der Waals surface area contributed by atoms with Gasteiger partial charge < -0.3 is 9.30 Å². The minimum atomic E-state index is -0.724. The summed E-state index contributed by atoms with van der Waals surface area (Å²) in [7, 11) is 1.67. The van der Waals surface area contributed by atoms with Crippen LogP contribution in [0.15, 0.2) is 42.6 Å². The standard InChI is InChI=1S/C16H13N3O4/c1-19-8-2-3-13(19)15(21)18-14(20)10-23-16(22)12-6-4-11(9-17)5-7-12/h2-8H,10H2,1H3,(H,18,20,21). The van der Waals surface area contributed by atoms with E-state index in [1.54, 1.807) is 29.9 Å². The predicted octanol–water partition coefficient (Wildman–Crippen LogP) is 1.01. The molecule has 7 heteroatoms. The molecule has 2 rings (SSSR count). The molecule has 2 aromatic rings. The highest BCUT2D eigenvalue weighted by molar-refractivity contribution is 6.04. The van der Waals surface area contributed by atoms with E-state index in [1.165, 1.54) is 24.3 Å². The number of ether oxygens (including phenoxy) is 1. The number of hydrogen-bond acceptors (Lipinski definition) is 5. The lowest BCUT2D eigenvalue weighted by atomic mass is 10.1. The van der Waals surface area contributed by atoms with Crippen LogP contribution in [0, 0.1) is 11.3 Å². The zero-order valence-corrected chi connectivity index (χ0v) is 12.3. The largest absolute Gasteiger partial charge is 0.452 e. The number of hydrogen-bond donors (Lipinski definition) is 1. The molecule has 0 spiro atoms. The van der Waals surface area contributed by atoms with E-state index >= 15 is 0 Å². The number of amides is 2. The Morgan fingerprint density at radius 1 is 1.22 bits per heavy atom. The third kappa shape index (κ3) is 4.04. The average Bonchev–Trinajstić information content (AvgIpc) is 2.99. The number of imide groups is 1. The maximum atomic E-state index is 11.8. The lowest BCUT2D eigenvalue weighted by Gasteiger charge is -2.06. The van der Waals surface area contributed by atoms with Crippen LogP contribution in [0.3, 0.4) is 0 Å². The molecular formula is C16H13N3O4. The van der Waals surface area contributed by atoms with Crippen LogP contribution < -0.4 is 5.32 Å². The minimum absolute atomic E-state index is 0.213. The van der Waals surface area contributed by atoms with Gasteiger partial charge in [-0.15, -0.1) is 0 Å². The molecule has 0 aliphatic heterocycles. The first-order valence-corrected chi connectivity index (χ1v) is 6.64. The van der Waals surface area contributed by atoms with Crippen LogP contribution in [0.4, 0.5) is 0 Å². The molecular weight excluding hydrogens is 298 g/mol. The fraction of sp³-hybridized carbons (Fsp3) is 0.125. The van der Waals surface area contributed by atoms with Gasteiger partial charge in [-0.05, 0) is 36.4 Å². The molecule has 116 valence electrons. The highest BCUT2D eigenvalue weighted by atomic mass is 16.5. The molecule has 0 saturated heterocycles. The van der Waals surface area contributed by atoms with Crippen LogP contribution in [0.5, 0.6) is 0 Å². The predicted molar refractivity (Wildman–Crippen MR) is 79.3 cm³/mol. The van der Waals surface area contributed by atoms with Crippen LogP contribution >= 0.6 is 0 Å². The van der Waals surface area contributed by atoms with Gasteiger partial charge in [0.1, 0.15) is 5.69 Å².